The summed E-state index contributed by atoms with van der Waals surface area (Å²) in [7, 11) is 2.04. The van der Waals surface area contributed by atoms with Gasteiger partial charge in [0.1, 0.15) is 5.82 Å². The summed E-state index contributed by atoms with van der Waals surface area (Å²) >= 11 is 0. The van der Waals surface area contributed by atoms with Crippen molar-refractivity contribution in [2.24, 2.45) is 5.73 Å². The molecule has 102 valence electrons. The number of hydrogen-bond donors (Lipinski definition) is 1. The first-order chi connectivity index (χ1) is 8.54. The second kappa shape index (κ2) is 6.86. The van der Waals surface area contributed by atoms with Crippen LogP contribution in [0.5, 0.6) is 0 Å². The Morgan fingerprint density at radius 2 is 1.89 bits per heavy atom. The Morgan fingerprint density at radius 1 is 1.28 bits per heavy atom. The number of halogens is 1. The number of nitrogens with two attached hydrogens (primary N) is 1. The van der Waals surface area contributed by atoms with Crippen molar-refractivity contribution >= 4 is 0 Å². The van der Waals surface area contributed by atoms with Gasteiger partial charge in [0.15, 0.2) is 0 Å². The smallest absolute Gasteiger partial charge is 0.128 e. The van der Waals surface area contributed by atoms with E-state index in [0.29, 0.717) is 18.2 Å². The Balaban J connectivity index is 3.05. The van der Waals surface area contributed by atoms with E-state index in [0.717, 1.165) is 18.4 Å². The topological polar surface area (TPSA) is 29.3 Å². The van der Waals surface area contributed by atoms with Crippen LogP contribution in [0.4, 0.5) is 4.39 Å². The maximum atomic E-state index is 14.0. The molecule has 18 heavy (non-hydrogen) atoms. The molecule has 2 N–H and O–H groups in total. The van der Waals surface area contributed by atoms with Crippen LogP contribution in [0, 0.1) is 12.7 Å². The van der Waals surface area contributed by atoms with E-state index in [4.69, 9.17) is 5.73 Å². The monoisotopic (exact) mass is 252 g/mol. The van der Waals surface area contributed by atoms with E-state index in [2.05, 4.69) is 18.7 Å². The molecule has 0 aliphatic heterocycles. The highest BCUT2D eigenvalue weighted by Gasteiger charge is 2.23. The molecule has 1 atom stereocenters. The number of hydrogen-bond acceptors (Lipinski definition) is 2. The maximum absolute atomic E-state index is 14.0. The van der Waals surface area contributed by atoms with Crippen molar-refractivity contribution in [3.63, 3.8) is 0 Å². The fourth-order valence-electron chi connectivity index (χ4n) is 2.55. The molecule has 3 heteroatoms. The molecule has 0 heterocycles. The Morgan fingerprint density at radius 3 is 2.39 bits per heavy atom. The fourth-order valence-corrected chi connectivity index (χ4v) is 2.55. The van der Waals surface area contributed by atoms with E-state index in [9.17, 15) is 4.39 Å². The molecule has 1 unspecified atom stereocenters. The van der Waals surface area contributed by atoms with Crippen molar-refractivity contribution < 1.29 is 4.39 Å². The number of benzene rings is 1. The Labute approximate surface area is 110 Å². The number of rotatable bonds is 6. The van der Waals surface area contributed by atoms with Gasteiger partial charge in [0, 0.05) is 24.2 Å². The molecule has 0 aliphatic rings. The van der Waals surface area contributed by atoms with Crippen molar-refractivity contribution in [1.82, 2.24) is 4.90 Å². The third kappa shape index (κ3) is 3.30. The SMILES string of the molecule is CCC(CC)N(C)C(CN)c1cc(C)ccc1F. The van der Waals surface area contributed by atoms with Crippen LogP contribution in [0.2, 0.25) is 0 Å². The highest BCUT2D eigenvalue weighted by atomic mass is 19.1. The number of nitrogens with zero attached hydrogens (tertiary/aromatic N) is 1. The summed E-state index contributed by atoms with van der Waals surface area (Å²) in [6.45, 7) is 6.73. The van der Waals surface area contributed by atoms with Gasteiger partial charge in [-0.05, 0) is 32.9 Å². The predicted octanol–water partition coefficient (Wildman–Crippen LogP) is 3.25. The minimum atomic E-state index is -0.158. The van der Waals surface area contributed by atoms with E-state index in [1.807, 2.05) is 20.0 Å². The van der Waals surface area contributed by atoms with Gasteiger partial charge >= 0.3 is 0 Å². The van der Waals surface area contributed by atoms with Crippen LogP contribution in [0.15, 0.2) is 18.2 Å². The van der Waals surface area contributed by atoms with Crippen molar-refractivity contribution in [2.75, 3.05) is 13.6 Å². The Bertz CT molecular complexity index is 375. The van der Waals surface area contributed by atoms with Crippen LogP contribution in [-0.2, 0) is 0 Å². The summed E-state index contributed by atoms with van der Waals surface area (Å²) in [5.74, 6) is -0.158. The normalized spacial score (nSPS) is 13.3. The van der Waals surface area contributed by atoms with E-state index >= 15 is 0 Å². The van der Waals surface area contributed by atoms with Crippen LogP contribution in [-0.4, -0.2) is 24.5 Å². The maximum Gasteiger partial charge on any atom is 0.128 e. The van der Waals surface area contributed by atoms with Gasteiger partial charge in [0.2, 0.25) is 0 Å². The first-order valence-corrected chi connectivity index (χ1v) is 6.73. The molecule has 0 saturated heterocycles. The minimum absolute atomic E-state index is 0.0465. The molecule has 1 rings (SSSR count). The summed E-state index contributed by atoms with van der Waals surface area (Å²) in [5.41, 5.74) is 7.65. The van der Waals surface area contributed by atoms with Gasteiger partial charge in [-0.1, -0.05) is 31.5 Å². The zero-order chi connectivity index (χ0) is 13.7. The summed E-state index contributed by atoms with van der Waals surface area (Å²) in [6.07, 6.45) is 2.11. The molecule has 0 aromatic heterocycles. The van der Waals surface area contributed by atoms with Crippen molar-refractivity contribution in [3.05, 3.63) is 35.1 Å². The van der Waals surface area contributed by atoms with Gasteiger partial charge in [0.25, 0.3) is 0 Å². The third-order valence-electron chi connectivity index (χ3n) is 3.74. The average Bonchev–Trinajstić information content (AvgIpc) is 2.36. The quantitative estimate of drug-likeness (QED) is 0.842. The molecule has 0 amide bonds. The standard InChI is InChI=1S/C15H25FN2/c1-5-12(6-2)18(4)15(10-17)13-9-11(3)7-8-14(13)16/h7-9,12,15H,5-6,10,17H2,1-4H3. The van der Waals surface area contributed by atoms with Crippen molar-refractivity contribution in [2.45, 2.75) is 45.7 Å². The minimum Gasteiger partial charge on any atom is -0.329 e. The van der Waals surface area contributed by atoms with E-state index in [-0.39, 0.29) is 11.9 Å². The van der Waals surface area contributed by atoms with E-state index < -0.39 is 0 Å². The highest BCUT2D eigenvalue weighted by Crippen LogP contribution is 2.25. The lowest BCUT2D eigenvalue weighted by atomic mass is 9.99. The van der Waals surface area contributed by atoms with Crippen LogP contribution < -0.4 is 5.73 Å². The van der Waals surface area contributed by atoms with Crippen LogP contribution >= 0.6 is 0 Å². The molecular weight excluding hydrogens is 227 g/mol. The van der Waals surface area contributed by atoms with Gasteiger partial charge in [-0.2, -0.15) is 0 Å². The summed E-state index contributed by atoms with van der Waals surface area (Å²) in [5, 5.41) is 0. The van der Waals surface area contributed by atoms with Gasteiger partial charge in [-0.25, -0.2) is 4.39 Å². The molecule has 0 spiro atoms. The molecule has 0 bridgehead atoms. The van der Waals surface area contributed by atoms with Crippen molar-refractivity contribution in [1.29, 1.82) is 0 Å². The van der Waals surface area contributed by atoms with Crippen LogP contribution in [0.1, 0.15) is 43.9 Å². The number of likely N-dealkylation sites (N-methyl/N-ethyl adjacent to an activating group) is 1. The molecule has 0 saturated carbocycles. The lowest BCUT2D eigenvalue weighted by molar-refractivity contribution is 0.165. The molecule has 1 aromatic carbocycles. The van der Waals surface area contributed by atoms with Crippen molar-refractivity contribution in [3.8, 4) is 0 Å². The zero-order valence-electron chi connectivity index (χ0n) is 11.9. The van der Waals surface area contributed by atoms with E-state index in [1.165, 1.54) is 6.07 Å². The largest absolute Gasteiger partial charge is 0.329 e. The second-order valence-corrected chi connectivity index (χ2v) is 4.91. The molecular formula is C15H25FN2. The van der Waals surface area contributed by atoms with Gasteiger partial charge in [0.05, 0.1) is 0 Å². The van der Waals surface area contributed by atoms with Crippen LogP contribution in [0.25, 0.3) is 0 Å². The molecule has 2 nitrogen and oxygen atoms in total. The number of aryl methyl sites for hydroxylation is 1. The summed E-state index contributed by atoms with van der Waals surface area (Å²) in [6, 6.07) is 5.64. The first kappa shape index (κ1) is 15.1. The summed E-state index contributed by atoms with van der Waals surface area (Å²) in [4.78, 5) is 2.21. The second-order valence-electron chi connectivity index (χ2n) is 4.91. The molecule has 0 radical (unpaired) electrons. The van der Waals surface area contributed by atoms with Gasteiger partial charge in [-0.15, -0.1) is 0 Å². The fraction of sp³-hybridized carbons (Fsp3) is 0.600. The molecule has 1 aromatic rings. The lowest BCUT2D eigenvalue weighted by Gasteiger charge is -2.34. The third-order valence-corrected chi connectivity index (χ3v) is 3.74. The van der Waals surface area contributed by atoms with E-state index in [1.54, 1.807) is 6.07 Å². The molecule has 0 fully saturated rings. The average molecular weight is 252 g/mol. The van der Waals surface area contributed by atoms with Gasteiger partial charge in [-0.3, -0.25) is 4.90 Å². The zero-order valence-corrected chi connectivity index (χ0v) is 11.9. The highest BCUT2D eigenvalue weighted by molar-refractivity contribution is 5.27. The Kier molecular flexibility index (Phi) is 5.76. The molecule has 0 aliphatic carbocycles. The first-order valence-electron chi connectivity index (χ1n) is 6.73. The lowest BCUT2D eigenvalue weighted by Crippen LogP contribution is -2.38. The predicted molar refractivity (Wildman–Crippen MR) is 75.1 cm³/mol. The van der Waals surface area contributed by atoms with Gasteiger partial charge < -0.3 is 5.73 Å². The Hall–Kier alpha value is -0.930. The van der Waals surface area contributed by atoms with Crippen LogP contribution in [0.3, 0.4) is 0 Å². The summed E-state index contributed by atoms with van der Waals surface area (Å²) < 4.78 is 14.0.